The summed E-state index contributed by atoms with van der Waals surface area (Å²) in [5.41, 5.74) is 7.81. The van der Waals surface area contributed by atoms with Crippen LogP contribution >= 0.6 is 11.6 Å². The molecule has 2 N–H and O–H groups in total. The first-order valence-corrected chi connectivity index (χ1v) is 8.59. The predicted molar refractivity (Wildman–Crippen MR) is 97.0 cm³/mol. The Morgan fingerprint density at radius 1 is 1.00 bits per heavy atom. The maximum atomic E-state index is 13.4. The maximum Gasteiger partial charge on any atom is 0.586 e. The van der Waals surface area contributed by atoms with Gasteiger partial charge in [-0.25, -0.2) is 0 Å². The van der Waals surface area contributed by atoms with Crippen LogP contribution in [-0.2, 0) is 12.0 Å². The van der Waals surface area contributed by atoms with Crippen molar-refractivity contribution in [2.75, 3.05) is 0 Å². The Morgan fingerprint density at radius 2 is 1.74 bits per heavy atom. The lowest BCUT2D eigenvalue weighted by atomic mass is 9.81. The third kappa shape index (κ3) is 3.46. The minimum atomic E-state index is -3.68. The second-order valence-corrected chi connectivity index (χ2v) is 6.76. The summed E-state index contributed by atoms with van der Waals surface area (Å²) in [7, 11) is 0. The van der Waals surface area contributed by atoms with Gasteiger partial charge in [0, 0.05) is 12.6 Å². The van der Waals surface area contributed by atoms with Gasteiger partial charge in [-0.05, 0) is 35.4 Å². The molecule has 1 unspecified atom stereocenters. The van der Waals surface area contributed by atoms with E-state index in [1.165, 1.54) is 18.3 Å². The molecule has 0 saturated heterocycles. The predicted octanol–water partition coefficient (Wildman–Crippen LogP) is 4.50. The number of alkyl halides is 2. The van der Waals surface area contributed by atoms with E-state index in [9.17, 15) is 8.78 Å². The second kappa shape index (κ2) is 6.48. The lowest BCUT2D eigenvalue weighted by Gasteiger charge is -2.30. The Hall–Kier alpha value is -2.70. The smallest absolute Gasteiger partial charge is 0.395 e. The van der Waals surface area contributed by atoms with Gasteiger partial charge in [-0.1, -0.05) is 48.0 Å². The highest BCUT2D eigenvalue weighted by atomic mass is 35.5. The van der Waals surface area contributed by atoms with Gasteiger partial charge in [-0.2, -0.15) is 0 Å². The molecule has 1 atom stereocenters. The Kier molecular flexibility index (Phi) is 4.25. The third-order valence-corrected chi connectivity index (χ3v) is 4.65. The molecule has 7 heteroatoms. The van der Waals surface area contributed by atoms with Crippen LogP contribution in [0.25, 0.3) is 0 Å². The fourth-order valence-electron chi connectivity index (χ4n) is 3.12. The number of hydrogen-bond acceptors (Lipinski definition) is 4. The van der Waals surface area contributed by atoms with Crippen molar-refractivity contribution in [2.24, 2.45) is 5.73 Å². The zero-order chi connectivity index (χ0) is 19.1. The number of nitrogens with zero attached hydrogens (tertiary/aromatic N) is 1. The number of rotatable bonds is 4. The normalized spacial score (nSPS) is 16.7. The summed E-state index contributed by atoms with van der Waals surface area (Å²) >= 11 is 5.95. The van der Waals surface area contributed by atoms with Crippen LogP contribution in [0, 0.1) is 0 Å². The van der Waals surface area contributed by atoms with E-state index in [2.05, 4.69) is 14.5 Å². The quantitative estimate of drug-likeness (QED) is 0.714. The molecule has 1 aliphatic rings. The average Bonchev–Trinajstić information content (AvgIpc) is 2.96. The minimum absolute atomic E-state index is 0.0325. The van der Waals surface area contributed by atoms with Crippen LogP contribution in [0.4, 0.5) is 8.78 Å². The van der Waals surface area contributed by atoms with E-state index in [1.807, 2.05) is 30.3 Å². The molecule has 2 heterocycles. The van der Waals surface area contributed by atoms with Crippen molar-refractivity contribution >= 4 is 11.6 Å². The molecular weight excluding hydrogens is 374 g/mol. The van der Waals surface area contributed by atoms with Gasteiger partial charge in [0.1, 0.15) is 0 Å². The van der Waals surface area contributed by atoms with E-state index < -0.39 is 11.8 Å². The van der Waals surface area contributed by atoms with Gasteiger partial charge >= 0.3 is 6.29 Å². The first-order chi connectivity index (χ1) is 12.9. The SMILES string of the molecule is NC(Cc1ccccc1)(c1ccc2c(c1)OC(F)(F)O2)c1ccc(Cl)cn1. The summed E-state index contributed by atoms with van der Waals surface area (Å²) in [6.45, 7) is 0. The van der Waals surface area contributed by atoms with Crippen molar-refractivity contribution in [1.29, 1.82) is 0 Å². The van der Waals surface area contributed by atoms with Gasteiger partial charge < -0.3 is 15.2 Å². The molecule has 1 aromatic heterocycles. The van der Waals surface area contributed by atoms with E-state index in [1.54, 1.807) is 18.2 Å². The Bertz CT molecular complexity index is 967. The summed E-state index contributed by atoms with van der Waals surface area (Å²) in [5.74, 6) is -0.0933. The van der Waals surface area contributed by atoms with Crippen LogP contribution < -0.4 is 15.2 Å². The Morgan fingerprint density at radius 3 is 2.44 bits per heavy atom. The van der Waals surface area contributed by atoms with Crippen molar-refractivity contribution in [1.82, 2.24) is 4.98 Å². The van der Waals surface area contributed by atoms with Crippen LogP contribution in [0.5, 0.6) is 11.5 Å². The maximum absolute atomic E-state index is 13.4. The topological polar surface area (TPSA) is 57.4 Å². The molecule has 138 valence electrons. The summed E-state index contributed by atoms with van der Waals surface area (Å²) < 4.78 is 35.8. The van der Waals surface area contributed by atoms with E-state index >= 15 is 0 Å². The molecule has 0 saturated carbocycles. The van der Waals surface area contributed by atoms with E-state index in [4.69, 9.17) is 17.3 Å². The number of ether oxygens (including phenoxy) is 2. The number of nitrogens with two attached hydrogens (primary N) is 1. The number of pyridine rings is 1. The first kappa shape index (κ1) is 17.7. The van der Waals surface area contributed by atoms with Crippen molar-refractivity contribution in [3.8, 4) is 11.5 Å². The summed E-state index contributed by atoms with van der Waals surface area (Å²) in [6, 6.07) is 17.6. The van der Waals surface area contributed by atoms with Crippen LogP contribution in [-0.4, -0.2) is 11.3 Å². The molecular formula is C20H15ClF2N2O2. The average molecular weight is 389 g/mol. The monoisotopic (exact) mass is 388 g/mol. The van der Waals surface area contributed by atoms with Crippen molar-refractivity contribution in [3.63, 3.8) is 0 Å². The lowest BCUT2D eigenvalue weighted by Crippen LogP contribution is -2.41. The molecule has 4 nitrogen and oxygen atoms in total. The van der Waals surface area contributed by atoms with E-state index in [0.717, 1.165) is 5.56 Å². The minimum Gasteiger partial charge on any atom is -0.395 e. The summed E-state index contributed by atoms with van der Waals surface area (Å²) in [6.07, 6.45) is -1.78. The van der Waals surface area contributed by atoms with Crippen LogP contribution in [0.15, 0.2) is 66.9 Å². The van der Waals surface area contributed by atoms with Crippen LogP contribution in [0.2, 0.25) is 5.02 Å². The molecule has 2 aromatic carbocycles. The molecule has 1 aliphatic heterocycles. The van der Waals surface area contributed by atoms with E-state index in [-0.39, 0.29) is 11.5 Å². The first-order valence-electron chi connectivity index (χ1n) is 8.21. The Balaban J connectivity index is 1.80. The zero-order valence-electron chi connectivity index (χ0n) is 14.0. The molecule has 0 aliphatic carbocycles. The molecule has 0 fully saturated rings. The third-order valence-electron chi connectivity index (χ3n) is 4.43. The second-order valence-electron chi connectivity index (χ2n) is 6.32. The number of hydrogen-bond donors (Lipinski definition) is 1. The van der Waals surface area contributed by atoms with Gasteiger partial charge in [0.2, 0.25) is 0 Å². The van der Waals surface area contributed by atoms with E-state index in [0.29, 0.717) is 22.7 Å². The standard InChI is InChI=1S/C20H15ClF2N2O2/c21-15-7-9-18(25-12-15)19(24,11-13-4-2-1-3-5-13)14-6-8-16-17(10-14)27-20(22,23)26-16/h1-10,12H,11,24H2. The van der Waals surface area contributed by atoms with Crippen LogP contribution in [0.3, 0.4) is 0 Å². The van der Waals surface area contributed by atoms with Gasteiger partial charge in [0.15, 0.2) is 11.5 Å². The van der Waals surface area contributed by atoms with Crippen molar-refractivity contribution < 1.29 is 18.3 Å². The van der Waals surface area contributed by atoms with Gasteiger partial charge in [-0.3, -0.25) is 4.98 Å². The lowest BCUT2D eigenvalue weighted by molar-refractivity contribution is -0.286. The number of halogens is 3. The molecule has 27 heavy (non-hydrogen) atoms. The zero-order valence-corrected chi connectivity index (χ0v) is 14.8. The fourth-order valence-corrected chi connectivity index (χ4v) is 3.24. The number of fused-ring (bicyclic) bond motifs is 1. The number of benzene rings is 2. The summed E-state index contributed by atoms with van der Waals surface area (Å²) in [4.78, 5) is 4.37. The van der Waals surface area contributed by atoms with Gasteiger partial charge in [0.05, 0.1) is 16.3 Å². The highest BCUT2D eigenvalue weighted by Gasteiger charge is 2.44. The van der Waals surface area contributed by atoms with Crippen molar-refractivity contribution in [2.45, 2.75) is 18.3 Å². The molecule has 0 radical (unpaired) electrons. The highest BCUT2D eigenvalue weighted by molar-refractivity contribution is 6.30. The van der Waals surface area contributed by atoms with Crippen LogP contribution in [0.1, 0.15) is 16.8 Å². The molecule has 3 aromatic rings. The fraction of sp³-hybridized carbons (Fsp3) is 0.150. The van der Waals surface area contributed by atoms with Gasteiger partial charge in [-0.15, -0.1) is 8.78 Å². The summed E-state index contributed by atoms with van der Waals surface area (Å²) in [5, 5.41) is 0.478. The number of aromatic nitrogens is 1. The largest absolute Gasteiger partial charge is 0.586 e. The molecule has 0 amide bonds. The van der Waals surface area contributed by atoms with Gasteiger partial charge in [0.25, 0.3) is 0 Å². The highest BCUT2D eigenvalue weighted by Crippen LogP contribution is 2.43. The Labute approximate surface area is 159 Å². The molecule has 4 rings (SSSR count). The molecule has 0 bridgehead atoms. The molecule has 0 spiro atoms. The van der Waals surface area contributed by atoms with Crippen molar-refractivity contribution in [3.05, 3.63) is 88.7 Å².